The van der Waals surface area contributed by atoms with E-state index in [1.807, 2.05) is 37.1 Å². The second kappa shape index (κ2) is 11.4. The highest BCUT2D eigenvalue weighted by Gasteiger charge is 2.05. The molecule has 0 saturated carbocycles. The van der Waals surface area contributed by atoms with Crippen molar-refractivity contribution in [1.29, 1.82) is 0 Å². The first kappa shape index (κ1) is 20.0. The second-order valence-corrected chi connectivity index (χ2v) is 6.45. The average Bonchev–Trinajstić information content (AvgIpc) is 3.20. The van der Waals surface area contributed by atoms with E-state index in [1.165, 1.54) is 4.88 Å². The summed E-state index contributed by atoms with van der Waals surface area (Å²) in [6, 6.07) is 4.31. The maximum absolute atomic E-state index is 4.27. The normalized spacial score (nSPS) is 12.5. The predicted octanol–water partition coefficient (Wildman–Crippen LogP) is 3.00. The first-order valence-electron chi connectivity index (χ1n) is 7.70. The minimum absolute atomic E-state index is 0. The van der Waals surface area contributed by atoms with Crippen molar-refractivity contribution < 1.29 is 0 Å². The van der Waals surface area contributed by atoms with Crippen molar-refractivity contribution in [3.8, 4) is 0 Å². The summed E-state index contributed by atoms with van der Waals surface area (Å²) in [5.41, 5.74) is 0. The van der Waals surface area contributed by atoms with Crippen LogP contribution in [0.5, 0.6) is 0 Å². The molecule has 0 saturated heterocycles. The van der Waals surface area contributed by atoms with Crippen molar-refractivity contribution in [1.82, 2.24) is 20.2 Å². The molecule has 0 aliphatic carbocycles. The van der Waals surface area contributed by atoms with Gasteiger partial charge in [-0.15, -0.1) is 35.3 Å². The van der Waals surface area contributed by atoms with Gasteiger partial charge in [0.05, 0.1) is 6.33 Å². The number of guanidine groups is 1. The lowest BCUT2D eigenvalue weighted by molar-refractivity contribution is 0.558. The molecule has 5 nitrogen and oxygen atoms in total. The van der Waals surface area contributed by atoms with E-state index in [2.05, 4.69) is 49.6 Å². The largest absolute Gasteiger partial charge is 0.356 e. The monoisotopic (exact) mass is 447 g/mol. The van der Waals surface area contributed by atoms with Crippen molar-refractivity contribution in [2.45, 2.75) is 26.3 Å². The van der Waals surface area contributed by atoms with E-state index in [4.69, 9.17) is 0 Å². The average molecular weight is 447 g/mol. The molecule has 2 rings (SSSR count). The molecule has 128 valence electrons. The first-order chi connectivity index (χ1) is 10.8. The fraction of sp³-hybridized carbons (Fsp3) is 0.500. The third-order valence-electron chi connectivity index (χ3n) is 3.42. The van der Waals surface area contributed by atoms with Crippen LogP contribution in [0.4, 0.5) is 0 Å². The highest BCUT2D eigenvalue weighted by molar-refractivity contribution is 14.0. The summed E-state index contributed by atoms with van der Waals surface area (Å²) in [6.07, 6.45) is 7.80. The number of aliphatic imine (C=N–C) groups is 1. The Kier molecular flexibility index (Phi) is 9.93. The van der Waals surface area contributed by atoms with Crippen LogP contribution in [0, 0.1) is 5.92 Å². The lowest BCUT2D eigenvalue weighted by Gasteiger charge is -2.15. The van der Waals surface area contributed by atoms with Crippen LogP contribution in [0.2, 0.25) is 0 Å². The molecule has 23 heavy (non-hydrogen) atoms. The first-order valence-corrected chi connectivity index (χ1v) is 8.58. The van der Waals surface area contributed by atoms with Gasteiger partial charge in [0, 0.05) is 44.0 Å². The molecule has 0 bridgehead atoms. The lowest BCUT2D eigenvalue weighted by Crippen LogP contribution is -2.40. The number of rotatable bonds is 8. The van der Waals surface area contributed by atoms with Gasteiger partial charge >= 0.3 is 0 Å². The number of halogens is 1. The summed E-state index contributed by atoms with van der Waals surface area (Å²) >= 11 is 1.83. The number of aromatic nitrogens is 2. The van der Waals surface area contributed by atoms with Gasteiger partial charge in [-0.05, 0) is 30.2 Å². The number of nitrogens with zero attached hydrogens (tertiary/aromatic N) is 3. The Bertz CT molecular complexity index is 539. The standard InChI is InChI=1S/C16H25N5S.HI/c1-14(11-15-5-3-10-22-15)12-20-16(17-2)19-6-4-8-21-9-7-18-13-21;/h3,5,7,9-10,13-14H,4,6,8,11-12H2,1-2H3,(H2,17,19,20);1H. The predicted molar refractivity (Wildman–Crippen MR) is 109 cm³/mol. The van der Waals surface area contributed by atoms with Crippen LogP contribution in [-0.4, -0.2) is 35.6 Å². The Morgan fingerprint density at radius 3 is 2.96 bits per heavy atom. The summed E-state index contributed by atoms with van der Waals surface area (Å²) in [7, 11) is 1.81. The van der Waals surface area contributed by atoms with Gasteiger partial charge in [-0.3, -0.25) is 4.99 Å². The van der Waals surface area contributed by atoms with Crippen LogP contribution in [0.1, 0.15) is 18.2 Å². The van der Waals surface area contributed by atoms with Crippen LogP contribution < -0.4 is 10.6 Å². The topological polar surface area (TPSA) is 54.2 Å². The zero-order valence-electron chi connectivity index (χ0n) is 13.7. The van der Waals surface area contributed by atoms with Crippen LogP contribution in [0.3, 0.4) is 0 Å². The third kappa shape index (κ3) is 7.83. The number of hydrogen-bond acceptors (Lipinski definition) is 3. The van der Waals surface area contributed by atoms with Crippen molar-refractivity contribution in [3.63, 3.8) is 0 Å². The molecule has 1 atom stereocenters. The van der Waals surface area contributed by atoms with Crippen LogP contribution >= 0.6 is 35.3 Å². The number of thiophene rings is 1. The Morgan fingerprint density at radius 2 is 2.30 bits per heavy atom. The minimum atomic E-state index is 0. The quantitative estimate of drug-likeness (QED) is 0.283. The van der Waals surface area contributed by atoms with E-state index in [-0.39, 0.29) is 24.0 Å². The molecule has 1 unspecified atom stereocenters. The van der Waals surface area contributed by atoms with Crippen molar-refractivity contribution in [2.75, 3.05) is 20.1 Å². The van der Waals surface area contributed by atoms with E-state index < -0.39 is 0 Å². The Balaban J connectivity index is 0.00000264. The molecule has 0 aromatic carbocycles. The van der Waals surface area contributed by atoms with Gasteiger partial charge in [0.1, 0.15) is 0 Å². The summed E-state index contributed by atoms with van der Waals surface area (Å²) < 4.78 is 2.08. The van der Waals surface area contributed by atoms with Crippen LogP contribution in [0.15, 0.2) is 41.2 Å². The van der Waals surface area contributed by atoms with Gasteiger partial charge in [0.25, 0.3) is 0 Å². The van der Waals surface area contributed by atoms with Crippen LogP contribution in [0.25, 0.3) is 0 Å². The Hall–Kier alpha value is -1.09. The van der Waals surface area contributed by atoms with E-state index in [1.54, 1.807) is 0 Å². The summed E-state index contributed by atoms with van der Waals surface area (Å²) in [6.45, 7) is 5.06. The lowest BCUT2D eigenvalue weighted by atomic mass is 10.1. The van der Waals surface area contributed by atoms with E-state index in [0.717, 1.165) is 38.4 Å². The molecule has 0 spiro atoms. The van der Waals surface area contributed by atoms with E-state index in [9.17, 15) is 0 Å². The molecule has 2 N–H and O–H groups in total. The molecular formula is C16H26IN5S. The summed E-state index contributed by atoms with van der Waals surface area (Å²) in [5, 5.41) is 8.89. The maximum atomic E-state index is 4.27. The SMILES string of the molecule is CN=C(NCCCn1ccnc1)NCC(C)Cc1cccs1.I. The van der Waals surface area contributed by atoms with Gasteiger partial charge in [-0.1, -0.05) is 13.0 Å². The van der Waals surface area contributed by atoms with E-state index in [0.29, 0.717) is 5.92 Å². The number of aryl methyl sites for hydroxylation is 1. The van der Waals surface area contributed by atoms with Gasteiger partial charge < -0.3 is 15.2 Å². The zero-order chi connectivity index (χ0) is 15.6. The molecule has 0 amide bonds. The molecule has 0 fully saturated rings. The number of imidazole rings is 1. The molecule has 0 aliphatic rings. The highest BCUT2D eigenvalue weighted by Crippen LogP contribution is 2.13. The summed E-state index contributed by atoms with van der Waals surface area (Å²) in [5.74, 6) is 1.46. The number of hydrogen-bond donors (Lipinski definition) is 2. The highest BCUT2D eigenvalue weighted by atomic mass is 127. The van der Waals surface area contributed by atoms with Crippen molar-refractivity contribution >= 4 is 41.3 Å². The fourth-order valence-electron chi connectivity index (χ4n) is 2.22. The smallest absolute Gasteiger partial charge is 0.190 e. The molecule has 2 aromatic heterocycles. The molecular weight excluding hydrogens is 421 g/mol. The van der Waals surface area contributed by atoms with Crippen molar-refractivity contribution in [2.24, 2.45) is 10.9 Å². The second-order valence-electron chi connectivity index (χ2n) is 5.42. The molecule has 7 heteroatoms. The molecule has 0 radical (unpaired) electrons. The van der Waals surface area contributed by atoms with Crippen LogP contribution in [-0.2, 0) is 13.0 Å². The van der Waals surface area contributed by atoms with Crippen molar-refractivity contribution in [3.05, 3.63) is 41.1 Å². The third-order valence-corrected chi connectivity index (χ3v) is 4.31. The molecule has 2 aromatic rings. The van der Waals surface area contributed by atoms with Gasteiger partial charge in [-0.2, -0.15) is 0 Å². The van der Waals surface area contributed by atoms with Gasteiger partial charge in [0.15, 0.2) is 5.96 Å². The van der Waals surface area contributed by atoms with E-state index >= 15 is 0 Å². The molecule has 2 heterocycles. The van der Waals surface area contributed by atoms with Gasteiger partial charge in [-0.25, -0.2) is 4.98 Å². The zero-order valence-corrected chi connectivity index (χ0v) is 16.9. The van der Waals surface area contributed by atoms with Gasteiger partial charge in [0.2, 0.25) is 0 Å². The Morgan fingerprint density at radius 1 is 1.43 bits per heavy atom. The maximum Gasteiger partial charge on any atom is 0.190 e. The minimum Gasteiger partial charge on any atom is -0.356 e. The number of nitrogens with one attached hydrogen (secondary N) is 2. The fourth-order valence-corrected chi connectivity index (χ4v) is 3.09. The Labute approximate surface area is 159 Å². The molecule has 0 aliphatic heterocycles. The summed E-state index contributed by atoms with van der Waals surface area (Å²) in [4.78, 5) is 9.75.